The topological polar surface area (TPSA) is 58.6 Å². The lowest BCUT2D eigenvalue weighted by molar-refractivity contribution is -0.140. The van der Waals surface area contributed by atoms with E-state index in [9.17, 15) is 23.1 Å². The summed E-state index contributed by atoms with van der Waals surface area (Å²) in [6, 6.07) is 3.67. The molecule has 23 heavy (non-hydrogen) atoms. The van der Waals surface area contributed by atoms with Gasteiger partial charge in [0.05, 0.1) is 12.0 Å². The molecule has 8 heteroatoms. The molecule has 0 heterocycles. The normalized spacial score (nSPS) is 14.3. The number of carbonyl (C=O) groups is 1. The van der Waals surface area contributed by atoms with E-state index in [1.807, 2.05) is 13.8 Å². The van der Waals surface area contributed by atoms with Crippen LogP contribution in [0.3, 0.4) is 0 Å². The van der Waals surface area contributed by atoms with Crippen LogP contribution >= 0.6 is 11.8 Å². The van der Waals surface area contributed by atoms with Gasteiger partial charge in [0, 0.05) is 6.54 Å². The SMILES string of the molecule is CC[C@H](C)[C@H](NCc1ccc(OC)c(SC(F)(F)F)c1)C(=O)O. The average molecular weight is 351 g/mol. The number of benzene rings is 1. The van der Waals surface area contributed by atoms with Gasteiger partial charge in [-0.25, -0.2) is 0 Å². The first kappa shape index (κ1) is 19.6. The molecule has 0 fully saturated rings. The lowest BCUT2D eigenvalue weighted by Gasteiger charge is -2.20. The van der Waals surface area contributed by atoms with E-state index in [-0.39, 0.29) is 34.9 Å². The van der Waals surface area contributed by atoms with E-state index in [2.05, 4.69) is 5.32 Å². The lowest BCUT2D eigenvalue weighted by Crippen LogP contribution is -2.41. The van der Waals surface area contributed by atoms with Gasteiger partial charge < -0.3 is 15.2 Å². The molecule has 0 amide bonds. The number of methoxy groups -OCH3 is 1. The Balaban J connectivity index is 2.88. The lowest BCUT2D eigenvalue weighted by atomic mass is 9.99. The smallest absolute Gasteiger partial charge is 0.446 e. The van der Waals surface area contributed by atoms with Gasteiger partial charge in [0.15, 0.2) is 0 Å². The van der Waals surface area contributed by atoms with Crippen molar-refractivity contribution in [3.63, 3.8) is 0 Å². The maximum absolute atomic E-state index is 12.6. The van der Waals surface area contributed by atoms with Crippen LogP contribution in [0.1, 0.15) is 25.8 Å². The van der Waals surface area contributed by atoms with Gasteiger partial charge in [-0.3, -0.25) is 4.79 Å². The van der Waals surface area contributed by atoms with Gasteiger partial charge in [0.1, 0.15) is 11.8 Å². The van der Waals surface area contributed by atoms with E-state index in [0.717, 1.165) is 0 Å². The summed E-state index contributed by atoms with van der Waals surface area (Å²) in [6.07, 6.45) is 0.682. The highest BCUT2D eigenvalue weighted by atomic mass is 32.2. The Morgan fingerprint density at radius 3 is 2.57 bits per heavy atom. The third-order valence-electron chi connectivity index (χ3n) is 3.46. The van der Waals surface area contributed by atoms with E-state index in [0.29, 0.717) is 12.0 Å². The van der Waals surface area contributed by atoms with Crippen molar-refractivity contribution in [2.45, 2.75) is 43.3 Å². The zero-order valence-electron chi connectivity index (χ0n) is 13.1. The van der Waals surface area contributed by atoms with Gasteiger partial charge >= 0.3 is 11.5 Å². The Morgan fingerprint density at radius 1 is 1.43 bits per heavy atom. The van der Waals surface area contributed by atoms with Crippen LogP contribution in [0.25, 0.3) is 0 Å². The van der Waals surface area contributed by atoms with Crippen molar-refractivity contribution in [3.05, 3.63) is 23.8 Å². The molecule has 2 atom stereocenters. The minimum absolute atomic E-state index is 0.0466. The first-order valence-electron chi connectivity index (χ1n) is 7.06. The fourth-order valence-corrected chi connectivity index (χ4v) is 2.74. The second-order valence-corrected chi connectivity index (χ2v) is 6.22. The largest absolute Gasteiger partial charge is 0.496 e. The number of rotatable bonds is 8. The quantitative estimate of drug-likeness (QED) is 0.696. The third-order valence-corrected chi connectivity index (χ3v) is 4.23. The minimum atomic E-state index is -4.42. The molecule has 0 aliphatic carbocycles. The first-order valence-corrected chi connectivity index (χ1v) is 7.88. The monoisotopic (exact) mass is 351 g/mol. The molecular weight excluding hydrogens is 331 g/mol. The van der Waals surface area contributed by atoms with Crippen molar-refractivity contribution >= 4 is 17.7 Å². The molecule has 4 nitrogen and oxygen atoms in total. The summed E-state index contributed by atoms with van der Waals surface area (Å²) < 4.78 is 42.7. The number of carboxylic acids is 1. The summed E-state index contributed by atoms with van der Waals surface area (Å²) in [7, 11) is 1.30. The molecule has 130 valence electrons. The van der Waals surface area contributed by atoms with Gasteiger partial charge in [0.2, 0.25) is 0 Å². The van der Waals surface area contributed by atoms with Crippen LogP contribution in [0.4, 0.5) is 13.2 Å². The molecule has 2 N–H and O–H groups in total. The van der Waals surface area contributed by atoms with Crippen LogP contribution in [0, 0.1) is 5.92 Å². The Morgan fingerprint density at radius 2 is 2.09 bits per heavy atom. The van der Waals surface area contributed by atoms with Crippen molar-refractivity contribution in [2.75, 3.05) is 7.11 Å². The van der Waals surface area contributed by atoms with Crippen molar-refractivity contribution in [2.24, 2.45) is 5.92 Å². The molecule has 0 unspecified atom stereocenters. The van der Waals surface area contributed by atoms with Gasteiger partial charge in [-0.05, 0) is 35.4 Å². The Hall–Kier alpha value is -1.41. The molecule has 0 aromatic heterocycles. The van der Waals surface area contributed by atoms with Crippen LogP contribution in [0.5, 0.6) is 5.75 Å². The number of aliphatic carboxylic acids is 1. The Labute approximate surface area is 137 Å². The zero-order valence-corrected chi connectivity index (χ0v) is 13.9. The van der Waals surface area contributed by atoms with E-state index in [1.54, 1.807) is 6.07 Å². The minimum Gasteiger partial charge on any atom is -0.496 e. The van der Waals surface area contributed by atoms with Crippen molar-refractivity contribution < 1.29 is 27.8 Å². The highest BCUT2D eigenvalue weighted by Gasteiger charge is 2.31. The summed E-state index contributed by atoms with van der Waals surface area (Å²) in [5.74, 6) is -0.930. The number of alkyl halides is 3. The van der Waals surface area contributed by atoms with Gasteiger partial charge in [-0.1, -0.05) is 26.3 Å². The van der Waals surface area contributed by atoms with Gasteiger partial charge in [0.25, 0.3) is 0 Å². The molecule has 0 aliphatic rings. The van der Waals surface area contributed by atoms with Crippen LogP contribution in [0.2, 0.25) is 0 Å². The number of hydrogen-bond donors (Lipinski definition) is 2. The predicted octanol–water partition coefficient (Wildman–Crippen LogP) is 3.90. The molecule has 0 aliphatic heterocycles. The maximum atomic E-state index is 12.6. The highest BCUT2D eigenvalue weighted by molar-refractivity contribution is 8.00. The summed E-state index contributed by atoms with van der Waals surface area (Å²) in [6.45, 7) is 3.86. The highest BCUT2D eigenvalue weighted by Crippen LogP contribution is 2.41. The van der Waals surface area contributed by atoms with E-state index >= 15 is 0 Å². The molecular formula is C15H20F3NO3S. The zero-order chi connectivity index (χ0) is 17.6. The number of thioether (sulfide) groups is 1. The number of halogens is 3. The van der Waals surface area contributed by atoms with Crippen molar-refractivity contribution in [1.29, 1.82) is 0 Å². The molecule has 0 bridgehead atoms. The van der Waals surface area contributed by atoms with Crippen molar-refractivity contribution in [1.82, 2.24) is 5.32 Å². The predicted molar refractivity (Wildman–Crippen MR) is 82.6 cm³/mol. The summed E-state index contributed by atoms with van der Waals surface area (Å²) in [5.41, 5.74) is -3.85. The average Bonchev–Trinajstić information content (AvgIpc) is 2.45. The van der Waals surface area contributed by atoms with Crippen molar-refractivity contribution in [3.8, 4) is 5.75 Å². The van der Waals surface area contributed by atoms with Crippen LogP contribution in [-0.2, 0) is 11.3 Å². The number of carboxylic acid groups (broad SMARTS) is 1. The Bertz CT molecular complexity index is 537. The molecule has 1 aromatic rings. The van der Waals surface area contributed by atoms with E-state index in [1.165, 1.54) is 19.2 Å². The number of ether oxygens (including phenoxy) is 1. The summed E-state index contributed by atoms with van der Waals surface area (Å²) >= 11 is -0.252. The number of hydrogen-bond acceptors (Lipinski definition) is 4. The molecule has 1 aromatic carbocycles. The molecule has 1 rings (SSSR count). The van der Waals surface area contributed by atoms with Crippen LogP contribution < -0.4 is 10.1 Å². The number of nitrogens with one attached hydrogen (secondary N) is 1. The standard InChI is InChI=1S/C15H20F3NO3S/c1-4-9(2)13(14(20)21)19-8-10-5-6-11(22-3)12(7-10)23-15(16,17)18/h5-7,9,13,19H,4,8H2,1-3H3,(H,20,21)/t9-,13-/m0/s1. The fourth-order valence-electron chi connectivity index (χ4n) is 2.03. The second kappa shape index (κ2) is 8.44. The summed E-state index contributed by atoms with van der Waals surface area (Å²) in [4.78, 5) is 11.2. The van der Waals surface area contributed by atoms with Gasteiger partial charge in [-0.2, -0.15) is 13.2 Å². The van der Waals surface area contributed by atoms with Crippen LogP contribution in [0.15, 0.2) is 23.1 Å². The second-order valence-electron chi connectivity index (χ2n) is 5.12. The molecule has 0 radical (unpaired) electrons. The maximum Gasteiger partial charge on any atom is 0.446 e. The fraction of sp³-hybridized carbons (Fsp3) is 0.533. The summed E-state index contributed by atoms with van der Waals surface area (Å²) in [5, 5.41) is 12.1. The van der Waals surface area contributed by atoms with E-state index in [4.69, 9.17) is 4.74 Å². The molecule has 0 saturated carbocycles. The van der Waals surface area contributed by atoms with Crippen LogP contribution in [-0.4, -0.2) is 29.7 Å². The molecule has 0 spiro atoms. The third kappa shape index (κ3) is 6.31. The Kier molecular flexibility index (Phi) is 7.21. The van der Waals surface area contributed by atoms with E-state index < -0.39 is 17.5 Å². The first-order chi connectivity index (χ1) is 10.7. The molecule has 0 saturated heterocycles. The van der Waals surface area contributed by atoms with Gasteiger partial charge in [-0.15, -0.1) is 0 Å².